The first-order valence-corrected chi connectivity index (χ1v) is 6.68. The molecule has 0 radical (unpaired) electrons. The smallest absolute Gasteiger partial charge is 0.408 e. The molecule has 106 valence electrons. The molecule has 0 fully saturated rings. The highest BCUT2D eigenvalue weighted by molar-refractivity contribution is 7.09. The van der Waals surface area contributed by atoms with E-state index in [1.165, 1.54) is 11.3 Å². The minimum atomic E-state index is -0.992. The first-order chi connectivity index (χ1) is 8.69. The average Bonchev–Trinajstić information content (AvgIpc) is 2.59. The van der Waals surface area contributed by atoms with Crippen LogP contribution in [0.4, 0.5) is 4.79 Å². The fraction of sp³-hybridized carbons (Fsp3) is 0.583. The Hall–Kier alpha value is -1.63. The van der Waals surface area contributed by atoms with E-state index in [9.17, 15) is 9.59 Å². The van der Waals surface area contributed by atoms with Gasteiger partial charge in [0.1, 0.15) is 5.60 Å². The van der Waals surface area contributed by atoms with Crippen LogP contribution in [0.2, 0.25) is 0 Å². The zero-order valence-electron chi connectivity index (χ0n) is 11.4. The molecule has 0 aliphatic heterocycles. The Kier molecular flexibility index (Phi) is 4.88. The first kappa shape index (κ1) is 15.4. The van der Waals surface area contributed by atoms with Crippen LogP contribution in [0.15, 0.2) is 5.51 Å². The van der Waals surface area contributed by atoms with Gasteiger partial charge in [0, 0.05) is 0 Å². The van der Waals surface area contributed by atoms with Gasteiger partial charge in [-0.2, -0.15) is 0 Å². The molecule has 0 aliphatic carbocycles. The number of carbonyl (C=O) groups is 2. The van der Waals surface area contributed by atoms with Crippen molar-refractivity contribution in [1.29, 1.82) is 0 Å². The molecule has 0 aromatic carbocycles. The number of aliphatic carboxylic acids is 1. The molecule has 0 saturated heterocycles. The van der Waals surface area contributed by atoms with E-state index in [0.29, 0.717) is 5.69 Å². The van der Waals surface area contributed by atoms with Crippen LogP contribution in [0.3, 0.4) is 0 Å². The SMILES string of the molecule is Cc1ncsc1C(CC(=O)O)NC(=O)OC(C)(C)C. The van der Waals surface area contributed by atoms with Gasteiger partial charge in [-0.15, -0.1) is 11.3 Å². The second-order valence-corrected chi connectivity index (χ2v) is 5.99. The van der Waals surface area contributed by atoms with Gasteiger partial charge >= 0.3 is 12.1 Å². The third-order valence-electron chi connectivity index (χ3n) is 2.17. The van der Waals surface area contributed by atoms with Gasteiger partial charge in [-0.1, -0.05) is 0 Å². The van der Waals surface area contributed by atoms with E-state index in [0.717, 1.165) is 4.88 Å². The second kappa shape index (κ2) is 6.01. The lowest BCUT2D eigenvalue weighted by Gasteiger charge is -2.22. The van der Waals surface area contributed by atoms with E-state index in [2.05, 4.69) is 10.3 Å². The zero-order chi connectivity index (χ0) is 14.6. The number of rotatable bonds is 4. The molecular formula is C12H18N2O4S. The summed E-state index contributed by atoms with van der Waals surface area (Å²) in [4.78, 5) is 27.4. The minimum Gasteiger partial charge on any atom is -0.481 e. The number of hydrogen-bond donors (Lipinski definition) is 2. The summed E-state index contributed by atoms with van der Waals surface area (Å²) in [5.74, 6) is -0.992. The number of hydrogen-bond acceptors (Lipinski definition) is 5. The van der Waals surface area contributed by atoms with E-state index in [4.69, 9.17) is 9.84 Å². The summed E-state index contributed by atoms with van der Waals surface area (Å²) in [5.41, 5.74) is 1.71. The Balaban J connectivity index is 2.79. The third-order valence-corrected chi connectivity index (χ3v) is 3.21. The lowest BCUT2D eigenvalue weighted by molar-refractivity contribution is -0.137. The molecule has 0 spiro atoms. The van der Waals surface area contributed by atoms with Crippen LogP contribution in [-0.4, -0.2) is 27.8 Å². The Morgan fingerprint density at radius 1 is 1.53 bits per heavy atom. The number of nitrogens with zero attached hydrogens (tertiary/aromatic N) is 1. The molecule has 0 bridgehead atoms. The normalized spacial score (nSPS) is 12.8. The van der Waals surface area contributed by atoms with E-state index < -0.39 is 23.7 Å². The molecule has 0 aliphatic rings. The number of carbonyl (C=O) groups excluding carboxylic acids is 1. The van der Waals surface area contributed by atoms with Crippen molar-refractivity contribution in [2.24, 2.45) is 0 Å². The average molecular weight is 286 g/mol. The van der Waals surface area contributed by atoms with Crippen LogP contribution in [-0.2, 0) is 9.53 Å². The largest absolute Gasteiger partial charge is 0.481 e. The molecule has 1 aromatic heterocycles. The number of carboxylic acids is 1. The highest BCUT2D eigenvalue weighted by Gasteiger charge is 2.24. The number of nitrogens with one attached hydrogen (secondary N) is 1. The molecule has 2 N–H and O–H groups in total. The lowest BCUT2D eigenvalue weighted by Crippen LogP contribution is -2.35. The van der Waals surface area contributed by atoms with Crippen molar-refractivity contribution in [3.63, 3.8) is 0 Å². The number of amides is 1. The van der Waals surface area contributed by atoms with Crippen LogP contribution < -0.4 is 5.32 Å². The number of alkyl carbamates (subject to hydrolysis) is 1. The number of thiazole rings is 1. The molecule has 1 unspecified atom stereocenters. The van der Waals surface area contributed by atoms with Crippen LogP contribution in [0.5, 0.6) is 0 Å². The standard InChI is InChI=1S/C12H18N2O4S/c1-7-10(19-6-13-7)8(5-9(15)16)14-11(17)18-12(2,3)4/h6,8H,5H2,1-4H3,(H,14,17)(H,15,16). The molecule has 1 heterocycles. The maximum atomic E-state index is 11.7. The van der Waals surface area contributed by atoms with Gasteiger partial charge in [0.25, 0.3) is 0 Å². The monoisotopic (exact) mass is 286 g/mol. The van der Waals surface area contributed by atoms with Gasteiger partial charge in [-0.25, -0.2) is 9.78 Å². The van der Waals surface area contributed by atoms with Crippen LogP contribution in [0.25, 0.3) is 0 Å². The molecule has 19 heavy (non-hydrogen) atoms. The molecule has 1 rings (SSSR count). The van der Waals surface area contributed by atoms with E-state index in [1.807, 2.05) is 0 Å². The van der Waals surface area contributed by atoms with Gasteiger partial charge < -0.3 is 15.2 Å². The number of carboxylic acid groups (broad SMARTS) is 1. The molecule has 0 saturated carbocycles. The van der Waals surface area contributed by atoms with Gasteiger partial charge in [-0.3, -0.25) is 4.79 Å². The number of aryl methyl sites for hydroxylation is 1. The van der Waals surface area contributed by atoms with Crippen LogP contribution in [0, 0.1) is 6.92 Å². The minimum absolute atomic E-state index is 0.206. The zero-order valence-corrected chi connectivity index (χ0v) is 12.2. The molecule has 1 aromatic rings. The van der Waals surface area contributed by atoms with Crippen LogP contribution in [0.1, 0.15) is 43.8 Å². The summed E-state index contributed by atoms with van der Waals surface area (Å²) in [7, 11) is 0. The predicted octanol–water partition coefficient (Wildman–Crippen LogP) is 2.49. The van der Waals surface area contributed by atoms with E-state index >= 15 is 0 Å². The Morgan fingerprint density at radius 3 is 2.58 bits per heavy atom. The molecular weight excluding hydrogens is 268 g/mol. The number of ether oxygens (including phenoxy) is 1. The summed E-state index contributed by atoms with van der Waals surface area (Å²) >= 11 is 1.31. The maximum Gasteiger partial charge on any atom is 0.408 e. The highest BCUT2D eigenvalue weighted by Crippen LogP contribution is 2.25. The number of aromatic nitrogens is 1. The van der Waals surface area contributed by atoms with Crippen molar-refractivity contribution < 1.29 is 19.4 Å². The highest BCUT2D eigenvalue weighted by atomic mass is 32.1. The van der Waals surface area contributed by atoms with Crippen molar-refractivity contribution in [3.05, 3.63) is 16.1 Å². The Morgan fingerprint density at radius 2 is 2.16 bits per heavy atom. The summed E-state index contributed by atoms with van der Waals surface area (Å²) in [5, 5.41) is 11.5. The van der Waals surface area contributed by atoms with Crippen molar-refractivity contribution >= 4 is 23.4 Å². The summed E-state index contributed by atoms with van der Waals surface area (Å²) in [6.45, 7) is 7.02. The quantitative estimate of drug-likeness (QED) is 0.887. The van der Waals surface area contributed by atoms with Crippen molar-refractivity contribution in [3.8, 4) is 0 Å². The topological polar surface area (TPSA) is 88.5 Å². The Labute approximate surface area is 115 Å². The van der Waals surface area contributed by atoms with E-state index in [1.54, 1.807) is 33.2 Å². The van der Waals surface area contributed by atoms with Gasteiger partial charge in [0.05, 0.1) is 28.5 Å². The molecule has 1 amide bonds. The third kappa shape index (κ3) is 5.25. The Bertz CT molecular complexity index is 465. The molecule has 1 atom stereocenters. The van der Waals surface area contributed by atoms with Gasteiger partial charge in [-0.05, 0) is 27.7 Å². The van der Waals surface area contributed by atoms with Crippen molar-refractivity contribution in [2.75, 3.05) is 0 Å². The van der Waals surface area contributed by atoms with E-state index in [-0.39, 0.29) is 6.42 Å². The van der Waals surface area contributed by atoms with Gasteiger partial charge in [0.2, 0.25) is 0 Å². The molecule has 6 nitrogen and oxygen atoms in total. The van der Waals surface area contributed by atoms with Crippen molar-refractivity contribution in [1.82, 2.24) is 10.3 Å². The fourth-order valence-corrected chi connectivity index (χ4v) is 2.33. The fourth-order valence-electron chi connectivity index (χ4n) is 1.48. The molecule has 7 heteroatoms. The summed E-state index contributed by atoms with van der Waals surface area (Å²) in [6, 6.07) is -0.625. The van der Waals surface area contributed by atoms with Crippen molar-refractivity contribution in [2.45, 2.75) is 45.8 Å². The van der Waals surface area contributed by atoms with Gasteiger partial charge in [0.15, 0.2) is 0 Å². The van der Waals surface area contributed by atoms with Crippen LogP contribution >= 0.6 is 11.3 Å². The summed E-state index contributed by atoms with van der Waals surface area (Å²) < 4.78 is 5.13. The second-order valence-electron chi connectivity index (χ2n) is 5.10. The maximum absolute atomic E-state index is 11.7. The summed E-state index contributed by atoms with van der Waals surface area (Å²) in [6.07, 6.45) is -0.839. The lowest BCUT2D eigenvalue weighted by atomic mass is 10.1. The predicted molar refractivity (Wildman–Crippen MR) is 71.2 cm³/mol. The first-order valence-electron chi connectivity index (χ1n) is 5.80.